The smallest absolute Gasteiger partial charge is 0.238 e. The van der Waals surface area contributed by atoms with Crippen molar-refractivity contribution >= 4 is 28.8 Å². The lowest BCUT2D eigenvalue weighted by molar-refractivity contribution is -0.117. The van der Waals surface area contributed by atoms with E-state index in [1.54, 1.807) is 42.5 Å². The Morgan fingerprint density at radius 3 is 2.22 bits per heavy atom. The summed E-state index contributed by atoms with van der Waals surface area (Å²) in [5, 5.41) is 6.38. The molecule has 0 radical (unpaired) electrons. The number of fused-ring (bicyclic) bond motifs is 2. The maximum absolute atomic E-state index is 12.9. The number of benzene rings is 3. The Hall–Kier alpha value is -3.77. The third kappa shape index (κ3) is 3.92. The van der Waals surface area contributed by atoms with Crippen LogP contribution in [0, 0.1) is 0 Å². The number of likely N-dealkylation sites (tertiary alicyclic amines) is 1. The number of nitrogens with zero attached hydrogens (tertiary/aromatic N) is 1. The number of carbonyl (C=O) groups is 3. The van der Waals surface area contributed by atoms with Crippen LogP contribution in [0.5, 0.6) is 0 Å². The number of hydrogen-bond donors (Lipinski definition) is 2. The lowest BCUT2D eigenvalue weighted by Gasteiger charge is -2.19. The van der Waals surface area contributed by atoms with Gasteiger partial charge in [0, 0.05) is 52.8 Å². The van der Waals surface area contributed by atoms with Crippen molar-refractivity contribution in [3.8, 4) is 0 Å². The number of ketones is 2. The summed E-state index contributed by atoms with van der Waals surface area (Å²) in [6, 6.07) is 22.1. The van der Waals surface area contributed by atoms with Crippen LogP contribution >= 0.6 is 0 Å². The maximum Gasteiger partial charge on any atom is 0.238 e. The van der Waals surface area contributed by atoms with E-state index < -0.39 is 0 Å². The van der Waals surface area contributed by atoms with Crippen molar-refractivity contribution in [3.63, 3.8) is 0 Å². The van der Waals surface area contributed by atoms with Crippen LogP contribution in [0.1, 0.15) is 38.3 Å². The van der Waals surface area contributed by atoms with Crippen molar-refractivity contribution < 1.29 is 14.4 Å². The minimum atomic E-state index is -0.194. The molecule has 5 rings (SSSR count). The summed E-state index contributed by atoms with van der Waals surface area (Å²) < 4.78 is 0. The highest BCUT2D eigenvalue weighted by molar-refractivity contribution is 6.28. The van der Waals surface area contributed by atoms with E-state index in [4.69, 9.17) is 0 Å². The summed E-state index contributed by atoms with van der Waals surface area (Å²) in [6.45, 7) is 1.90. The second-order valence-electron chi connectivity index (χ2n) is 8.24. The molecular weight excluding hydrogens is 402 g/mol. The molecule has 1 fully saturated rings. The first-order valence-corrected chi connectivity index (χ1v) is 10.7. The Balaban J connectivity index is 1.22. The summed E-state index contributed by atoms with van der Waals surface area (Å²) in [4.78, 5) is 40.3. The topological polar surface area (TPSA) is 78.5 Å². The third-order valence-corrected chi connectivity index (χ3v) is 5.99. The van der Waals surface area contributed by atoms with E-state index in [9.17, 15) is 14.4 Å². The molecule has 1 saturated heterocycles. The van der Waals surface area contributed by atoms with E-state index in [2.05, 4.69) is 15.5 Å². The fourth-order valence-electron chi connectivity index (χ4n) is 4.44. The molecule has 2 N–H and O–H groups in total. The van der Waals surface area contributed by atoms with Crippen molar-refractivity contribution in [2.75, 3.05) is 30.3 Å². The Morgan fingerprint density at radius 1 is 0.812 bits per heavy atom. The van der Waals surface area contributed by atoms with Gasteiger partial charge in [0.05, 0.1) is 6.54 Å². The summed E-state index contributed by atoms with van der Waals surface area (Å²) in [6.07, 6.45) is 0.969. The number of nitrogens with one attached hydrogen (secondary N) is 2. The third-order valence-electron chi connectivity index (χ3n) is 5.99. The highest BCUT2D eigenvalue weighted by Gasteiger charge is 2.30. The van der Waals surface area contributed by atoms with Crippen molar-refractivity contribution in [3.05, 3.63) is 95.1 Å². The van der Waals surface area contributed by atoms with Crippen LogP contribution in [0.15, 0.2) is 72.8 Å². The molecular formula is C26H23N3O3. The van der Waals surface area contributed by atoms with Gasteiger partial charge in [-0.25, -0.2) is 0 Å². The van der Waals surface area contributed by atoms with Crippen LogP contribution in [0.25, 0.3) is 0 Å². The summed E-state index contributed by atoms with van der Waals surface area (Å²) >= 11 is 0. The molecule has 160 valence electrons. The molecule has 1 aliphatic carbocycles. The van der Waals surface area contributed by atoms with E-state index in [0.717, 1.165) is 25.2 Å². The predicted octanol–water partition coefficient (Wildman–Crippen LogP) is 3.59. The van der Waals surface area contributed by atoms with Gasteiger partial charge in [0.15, 0.2) is 11.6 Å². The highest BCUT2D eigenvalue weighted by atomic mass is 16.2. The number of anilines is 2. The van der Waals surface area contributed by atoms with Gasteiger partial charge in [-0.15, -0.1) is 0 Å². The molecule has 32 heavy (non-hydrogen) atoms. The van der Waals surface area contributed by atoms with Gasteiger partial charge in [-0.05, 0) is 36.8 Å². The lowest BCUT2D eigenvalue weighted by atomic mass is 9.84. The minimum absolute atomic E-state index is 0.139. The van der Waals surface area contributed by atoms with Gasteiger partial charge < -0.3 is 10.6 Å². The van der Waals surface area contributed by atoms with Crippen molar-refractivity contribution in [1.82, 2.24) is 4.90 Å². The molecule has 1 amide bonds. The van der Waals surface area contributed by atoms with Gasteiger partial charge in [0.2, 0.25) is 5.91 Å². The Morgan fingerprint density at radius 2 is 1.47 bits per heavy atom. The highest BCUT2D eigenvalue weighted by Crippen LogP contribution is 2.29. The zero-order valence-corrected chi connectivity index (χ0v) is 17.5. The Kier molecular flexibility index (Phi) is 5.29. The number of carbonyl (C=O) groups excluding carboxylic acids is 3. The van der Waals surface area contributed by atoms with Crippen molar-refractivity contribution in [2.24, 2.45) is 0 Å². The van der Waals surface area contributed by atoms with Crippen LogP contribution in [0.4, 0.5) is 11.4 Å². The molecule has 0 saturated carbocycles. The molecule has 2 aliphatic rings. The standard InChI is InChI=1S/C26H23N3O3/c30-24(16-29-13-12-19(15-29)27-17-6-2-1-3-7-17)28-18-10-11-22-23(14-18)26(32)21-9-5-4-8-20(21)25(22)31/h1-11,14,19,27H,12-13,15-16H2,(H,28,30). The second kappa shape index (κ2) is 8.40. The molecule has 6 nitrogen and oxygen atoms in total. The number of rotatable bonds is 5. The fraction of sp³-hybridized carbons (Fsp3) is 0.192. The van der Waals surface area contributed by atoms with Crippen LogP contribution in [-0.2, 0) is 4.79 Å². The van der Waals surface area contributed by atoms with Crippen molar-refractivity contribution in [2.45, 2.75) is 12.5 Å². The Labute approximate surface area is 186 Å². The molecule has 0 spiro atoms. The molecule has 0 aromatic heterocycles. The molecule has 1 unspecified atom stereocenters. The van der Waals surface area contributed by atoms with E-state index in [0.29, 0.717) is 34.0 Å². The first-order valence-electron chi connectivity index (χ1n) is 10.7. The van der Waals surface area contributed by atoms with Crippen molar-refractivity contribution in [1.29, 1.82) is 0 Å². The monoisotopic (exact) mass is 425 g/mol. The number of para-hydroxylation sites is 1. The van der Waals surface area contributed by atoms with E-state index >= 15 is 0 Å². The van der Waals surface area contributed by atoms with E-state index in [-0.39, 0.29) is 24.0 Å². The predicted molar refractivity (Wildman–Crippen MR) is 123 cm³/mol. The largest absolute Gasteiger partial charge is 0.381 e. The van der Waals surface area contributed by atoms with Gasteiger partial charge in [0.25, 0.3) is 0 Å². The average molecular weight is 425 g/mol. The van der Waals surface area contributed by atoms with Gasteiger partial charge >= 0.3 is 0 Å². The molecule has 3 aromatic rings. The molecule has 3 aromatic carbocycles. The SMILES string of the molecule is O=C(CN1CCC(Nc2ccccc2)C1)Nc1ccc2c(c1)C(=O)c1ccccc1C2=O. The molecule has 0 bridgehead atoms. The normalized spacial score (nSPS) is 17.6. The van der Waals surface area contributed by atoms with Crippen LogP contribution in [-0.4, -0.2) is 48.0 Å². The first-order chi connectivity index (χ1) is 15.6. The molecule has 6 heteroatoms. The number of hydrogen-bond acceptors (Lipinski definition) is 5. The van der Waals surface area contributed by atoms with E-state index in [1.165, 1.54) is 0 Å². The Bertz CT molecular complexity index is 1210. The number of amides is 1. The quantitative estimate of drug-likeness (QED) is 0.511. The van der Waals surface area contributed by atoms with Gasteiger partial charge in [-0.2, -0.15) is 0 Å². The summed E-state index contributed by atoms with van der Waals surface area (Å²) in [5.74, 6) is -0.497. The lowest BCUT2D eigenvalue weighted by Crippen LogP contribution is -2.33. The van der Waals surface area contributed by atoms with E-state index in [1.807, 2.05) is 30.3 Å². The van der Waals surface area contributed by atoms with Gasteiger partial charge in [0.1, 0.15) is 0 Å². The minimum Gasteiger partial charge on any atom is -0.381 e. The molecule has 1 atom stereocenters. The summed E-state index contributed by atoms with van der Waals surface area (Å²) in [5.41, 5.74) is 3.14. The second-order valence-corrected chi connectivity index (χ2v) is 8.24. The summed E-state index contributed by atoms with van der Waals surface area (Å²) in [7, 11) is 0. The molecule has 1 aliphatic heterocycles. The van der Waals surface area contributed by atoms with Gasteiger partial charge in [-0.1, -0.05) is 42.5 Å². The van der Waals surface area contributed by atoms with Crippen LogP contribution in [0.2, 0.25) is 0 Å². The zero-order valence-electron chi connectivity index (χ0n) is 17.5. The zero-order chi connectivity index (χ0) is 22.1. The fourth-order valence-corrected chi connectivity index (χ4v) is 4.44. The maximum atomic E-state index is 12.9. The van der Waals surface area contributed by atoms with Crippen LogP contribution in [0.3, 0.4) is 0 Å². The van der Waals surface area contributed by atoms with Crippen LogP contribution < -0.4 is 10.6 Å². The average Bonchev–Trinajstić information content (AvgIpc) is 3.24. The van der Waals surface area contributed by atoms with Gasteiger partial charge in [-0.3, -0.25) is 19.3 Å². The first kappa shape index (κ1) is 20.2. The molecule has 1 heterocycles.